The van der Waals surface area contributed by atoms with Gasteiger partial charge in [-0.05, 0) is 12.0 Å². The summed E-state index contributed by atoms with van der Waals surface area (Å²) in [6.07, 6.45) is 0.413. The number of rotatable bonds is 3. The molecule has 0 unspecified atom stereocenters. The number of imidazole rings is 1. The molecule has 21 heavy (non-hydrogen) atoms. The molecule has 1 saturated heterocycles. The van der Waals surface area contributed by atoms with Crippen LogP contribution in [0.1, 0.15) is 12.6 Å². The summed E-state index contributed by atoms with van der Waals surface area (Å²) in [5, 5.41) is 12.8. The van der Waals surface area contributed by atoms with Gasteiger partial charge in [0.2, 0.25) is 0 Å². The molecule has 0 amide bonds. The van der Waals surface area contributed by atoms with E-state index in [2.05, 4.69) is 25.0 Å². The SMILES string of the molecule is [N-]=[N+]=N[C@@H]1C[C@@H](CO)O[C@H]1n1cnc2c(=O)[nH]c(=O)[nH]c21. The van der Waals surface area contributed by atoms with Gasteiger partial charge in [0.05, 0.1) is 25.1 Å². The number of fused-ring (bicyclic) bond motifs is 1. The van der Waals surface area contributed by atoms with Crippen molar-refractivity contribution in [2.45, 2.75) is 24.8 Å². The predicted octanol–water partition coefficient (Wildman–Crippen LogP) is -0.628. The highest BCUT2D eigenvalue weighted by Gasteiger charge is 2.36. The Labute approximate surface area is 115 Å². The van der Waals surface area contributed by atoms with Gasteiger partial charge in [-0.2, -0.15) is 0 Å². The highest BCUT2D eigenvalue weighted by Crippen LogP contribution is 2.32. The highest BCUT2D eigenvalue weighted by molar-refractivity contribution is 5.68. The fourth-order valence-electron chi connectivity index (χ4n) is 2.41. The molecule has 0 spiro atoms. The van der Waals surface area contributed by atoms with Crippen molar-refractivity contribution in [2.24, 2.45) is 5.11 Å². The lowest BCUT2D eigenvalue weighted by Crippen LogP contribution is -2.24. The molecule has 0 aliphatic carbocycles. The lowest BCUT2D eigenvalue weighted by molar-refractivity contribution is -0.0239. The summed E-state index contributed by atoms with van der Waals surface area (Å²) < 4.78 is 7.00. The Morgan fingerprint density at radius 3 is 3.10 bits per heavy atom. The Morgan fingerprint density at radius 2 is 2.38 bits per heavy atom. The molecule has 11 nitrogen and oxygen atoms in total. The third-order valence-corrected chi connectivity index (χ3v) is 3.31. The molecule has 1 aliphatic heterocycles. The van der Waals surface area contributed by atoms with Crippen LogP contribution in [0.15, 0.2) is 21.0 Å². The van der Waals surface area contributed by atoms with Crippen molar-refractivity contribution in [3.63, 3.8) is 0 Å². The topological polar surface area (TPSA) is 162 Å². The number of azide groups is 1. The van der Waals surface area contributed by atoms with Gasteiger partial charge < -0.3 is 9.84 Å². The molecule has 0 radical (unpaired) electrons. The van der Waals surface area contributed by atoms with Gasteiger partial charge in [-0.1, -0.05) is 5.11 Å². The molecule has 0 bridgehead atoms. The van der Waals surface area contributed by atoms with Gasteiger partial charge in [-0.25, -0.2) is 9.78 Å². The monoisotopic (exact) mass is 293 g/mol. The molecule has 2 aromatic heterocycles. The van der Waals surface area contributed by atoms with Gasteiger partial charge in [0.25, 0.3) is 5.56 Å². The van der Waals surface area contributed by atoms with Gasteiger partial charge in [0, 0.05) is 4.91 Å². The second-order valence-electron chi connectivity index (χ2n) is 4.60. The minimum atomic E-state index is -0.750. The first-order chi connectivity index (χ1) is 10.1. The molecule has 2 aromatic rings. The molecule has 1 fully saturated rings. The maximum atomic E-state index is 11.6. The quantitative estimate of drug-likeness (QED) is 0.389. The third-order valence-electron chi connectivity index (χ3n) is 3.31. The minimum Gasteiger partial charge on any atom is -0.394 e. The number of ether oxygens (including phenoxy) is 1. The normalized spacial score (nSPS) is 25.1. The number of hydrogen-bond donors (Lipinski definition) is 3. The number of nitrogens with zero attached hydrogens (tertiary/aromatic N) is 5. The van der Waals surface area contributed by atoms with Gasteiger partial charge in [-0.15, -0.1) is 0 Å². The predicted molar refractivity (Wildman–Crippen MR) is 69.5 cm³/mol. The largest absolute Gasteiger partial charge is 0.394 e. The minimum absolute atomic E-state index is 0.0466. The summed E-state index contributed by atoms with van der Waals surface area (Å²) in [6.45, 7) is -0.225. The zero-order chi connectivity index (χ0) is 15.0. The van der Waals surface area contributed by atoms with Gasteiger partial charge in [0.1, 0.15) is 11.9 Å². The lowest BCUT2D eigenvalue weighted by Gasteiger charge is -2.16. The lowest BCUT2D eigenvalue weighted by atomic mass is 10.2. The fraction of sp³-hybridized carbons (Fsp3) is 0.500. The molecular weight excluding hydrogens is 282 g/mol. The van der Waals surface area contributed by atoms with E-state index >= 15 is 0 Å². The molecule has 3 heterocycles. The molecule has 11 heteroatoms. The second kappa shape index (κ2) is 5.05. The van der Waals surface area contributed by atoms with Crippen molar-refractivity contribution in [1.29, 1.82) is 0 Å². The van der Waals surface area contributed by atoms with E-state index in [0.29, 0.717) is 6.42 Å². The van der Waals surface area contributed by atoms with Crippen molar-refractivity contribution in [3.05, 3.63) is 37.6 Å². The first-order valence-electron chi connectivity index (χ1n) is 6.13. The van der Waals surface area contributed by atoms with Crippen LogP contribution in [0.4, 0.5) is 0 Å². The van der Waals surface area contributed by atoms with E-state index in [1.807, 2.05) is 0 Å². The summed E-state index contributed by atoms with van der Waals surface area (Å²) in [4.78, 5) is 34.2. The number of aromatic nitrogens is 4. The number of aromatic amines is 2. The zero-order valence-electron chi connectivity index (χ0n) is 10.6. The fourth-order valence-corrected chi connectivity index (χ4v) is 2.41. The number of H-pyrrole nitrogens is 2. The zero-order valence-corrected chi connectivity index (χ0v) is 10.6. The summed E-state index contributed by atoms with van der Waals surface area (Å²) >= 11 is 0. The maximum absolute atomic E-state index is 11.6. The van der Waals surface area contributed by atoms with E-state index in [1.165, 1.54) is 10.9 Å². The molecule has 1 aliphatic rings. The molecule has 3 atom stereocenters. The van der Waals surface area contributed by atoms with E-state index in [1.54, 1.807) is 0 Å². The van der Waals surface area contributed by atoms with Gasteiger partial charge in [0.15, 0.2) is 5.52 Å². The Kier molecular flexibility index (Phi) is 3.22. The van der Waals surface area contributed by atoms with Crippen LogP contribution in [0, 0.1) is 0 Å². The smallest absolute Gasteiger partial charge is 0.327 e. The Hall–Kier alpha value is -2.62. The molecule has 110 valence electrons. The number of aliphatic hydroxyl groups is 1. The molecule has 0 saturated carbocycles. The Bertz CT molecular complexity index is 830. The van der Waals surface area contributed by atoms with Crippen molar-refractivity contribution in [3.8, 4) is 0 Å². The van der Waals surface area contributed by atoms with Crippen LogP contribution in [0.25, 0.3) is 21.6 Å². The summed E-state index contributed by atoms with van der Waals surface area (Å²) in [5.41, 5.74) is 7.53. The van der Waals surface area contributed by atoms with Gasteiger partial charge in [-0.3, -0.25) is 19.3 Å². The number of aliphatic hydroxyl groups excluding tert-OH is 1. The average molecular weight is 293 g/mol. The van der Waals surface area contributed by atoms with E-state index in [4.69, 9.17) is 10.3 Å². The molecule has 3 N–H and O–H groups in total. The van der Waals surface area contributed by atoms with Crippen molar-refractivity contribution in [1.82, 2.24) is 19.5 Å². The van der Waals surface area contributed by atoms with E-state index in [0.717, 1.165) is 0 Å². The van der Waals surface area contributed by atoms with Crippen molar-refractivity contribution in [2.75, 3.05) is 6.61 Å². The van der Waals surface area contributed by atoms with Crippen molar-refractivity contribution < 1.29 is 9.84 Å². The molecule has 0 aromatic carbocycles. The van der Waals surface area contributed by atoms with E-state index in [-0.39, 0.29) is 17.8 Å². The maximum Gasteiger partial charge on any atom is 0.327 e. The van der Waals surface area contributed by atoms with Crippen molar-refractivity contribution >= 4 is 11.2 Å². The first-order valence-corrected chi connectivity index (χ1v) is 6.13. The number of hydrogen-bond acceptors (Lipinski definition) is 6. The van der Waals surface area contributed by atoms with Crippen LogP contribution >= 0.6 is 0 Å². The average Bonchev–Trinajstić information content (AvgIpc) is 3.02. The third kappa shape index (κ3) is 2.18. The standard InChI is InChI=1S/C10H11N7O4/c11-16-15-5-1-4(2-18)21-9(5)17-3-12-6-7(17)13-10(20)14-8(6)19/h3-5,9,18H,1-2H2,(H2,13,14,19,20)/t4-,5+,9+/m0/s1. The van der Waals surface area contributed by atoms with Crippen LogP contribution in [-0.4, -0.2) is 43.4 Å². The van der Waals surface area contributed by atoms with Gasteiger partial charge >= 0.3 is 5.69 Å². The second-order valence-corrected chi connectivity index (χ2v) is 4.60. The first kappa shape index (κ1) is 13.4. The van der Waals surface area contributed by atoms with E-state index < -0.39 is 29.6 Å². The van der Waals surface area contributed by atoms with Crippen LogP contribution in [0.5, 0.6) is 0 Å². The number of nitrogens with one attached hydrogen (secondary N) is 2. The van der Waals surface area contributed by atoms with Crippen LogP contribution in [-0.2, 0) is 4.74 Å². The molecule has 3 rings (SSSR count). The van der Waals surface area contributed by atoms with E-state index in [9.17, 15) is 14.7 Å². The van der Waals surface area contributed by atoms with Crippen LogP contribution in [0.2, 0.25) is 0 Å². The van der Waals surface area contributed by atoms with Crippen LogP contribution in [0.3, 0.4) is 0 Å². The van der Waals surface area contributed by atoms with Crippen LogP contribution < -0.4 is 11.2 Å². The summed E-state index contributed by atoms with van der Waals surface area (Å²) in [7, 11) is 0. The Balaban J connectivity index is 2.13. The summed E-state index contributed by atoms with van der Waals surface area (Å²) in [6, 6.07) is -0.577. The molecular formula is C10H11N7O4. The Morgan fingerprint density at radius 1 is 1.57 bits per heavy atom. The highest BCUT2D eigenvalue weighted by atomic mass is 16.5. The summed E-state index contributed by atoms with van der Waals surface area (Å²) in [5.74, 6) is 0.